The van der Waals surface area contributed by atoms with Crippen LogP contribution in [0.2, 0.25) is 0 Å². The van der Waals surface area contributed by atoms with Crippen molar-refractivity contribution in [2.45, 2.75) is 12.8 Å². The molecule has 0 saturated carbocycles. The summed E-state index contributed by atoms with van der Waals surface area (Å²) in [4.78, 5) is 2.50. The van der Waals surface area contributed by atoms with Crippen LogP contribution in [0.25, 0.3) is 6.08 Å². The van der Waals surface area contributed by atoms with Gasteiger partial charge in [0.05, 0.1) is 0 Å². The highest BCUT2D eigenvalue weighted by Gasteiger charge is 2.15. The average molecular weight is 214 g/mol. The molecule has 0 radical (unpaired) electrons. The molecule has 16 heavy (non-hydrogen) atoms. The van der Waals surface area contributed by atoms with E-state index in [-0.39, 0.29) is 0 Å². The Labute approximate surface area is 97.0 Å². The van der Waals surface area contributed by atoms with Gasteiger partial charge in [-0.1, -0.05) is 24.3 Å². The Morgan fingerprint density at radius 1 is 1.12 bits per heavy atom. The summed E-state index contributed by atoms with van der Waals surface area (Å²) in [5.74, 6) is 0. The zero-order valence-corrected chi connectivity index (χ0v) is 9.58. The van der Waals surface area contributed by atoms with E-state index < -0.39 is 0 Å². The molecule has 1 fully saturated rings. The number of hydrogen-bond donors (Lipinski definition) is 1. The van der Waals surface area contributed by atoms with Gasteiger partial charge in [-0.3, -0.25) is 0 Å². The predicted molar refractivity (Wildman–Crippen MR) is 68.9 cm³/mol. The summed E-state index contributed by atoms with van der Waals surface area (Å²) in [7, 11) is 0. The maximum atomic E-state index is 3.40. The normalized spacial score (nSPS) is 19.6. The second kappa shape index (κ2) is 4.30. The Bertz CT molecular complexity index is 403. The molecule has 1 aliphatic carbocycles. The van der Waals surface area contributed by atoms with Crippen molar-refractivity contribution in [3.05, 3.63) is 35.4 Å². The molecule has 1 heterocycles. The van der Waals surface area contributed by atoms with E-state index in [1.54, 1.807) is 0 Å². The number of nitrogens with zero attached hydrogens (tertiary/aromatic N) is 1. The summed E-state index contributed by atoms with van der Waals surface area (Å²) in [5.41, 5.74) is 4.39. The third-order valence-electron chi connectivity index (χ3n) is 3.50. The molecule has 0 spiro atoms. The van der Waals surface area contributed by atoms with Crippen LogP contribution in [-0.2, 0) is 6.42 Å². The van der Waals surface area contributed by atoms with Crippen LogP contribution < -0.4 is 10.2 Å². The largest absolute Gasteiger partial charge is 0.368 e. The number of nitrogens with one attached hydrogen (secondary N) is 1. The van der Waals surface area contributed by atoms with Gasteiger partial charge in [0.25, 0.3) is 0 Å². The number of rotatable bonds is 1. The van der Waals surface area contributed by atoms with Gasteiger partial charge in [-0.2, -0.15) is 0 Å². The molecule has 1 N–H and O–H groups in total. The van der Waals surface area contributed by atoms with E-state index in [1.807, 2.05) is 0 Å². The highest BCUT2D eigenvalue weighted by molar-refractivity contribution is 5.72. The summed E-state index contributed by atoms with van der Waals surface area (Å²) >= 11 is 0. The predicted octanol–water partition coefficient (Wildman–Crippen LogP) is 2.06. The molecule has 1 aromatic rings. The van der Waals surface area contributed by atoms with Crippen molar-refractivity contribution in [3.63, 3.8) is 0 Å². The first-order valence-corrected chi connectivity index (χ1v) is 6.19. The van der Waals surface area contributed by atoms with Crippen LogP contribution in [0.3, 0.4) is 0 Å². The van der Waals surface area contributed by atoms with E-state index in [1.165, 1.54) is 29.7 Å². The van der Waals surface area contributed by atoms with Gasteiger partial charge < -0.3 is 10.2 Å². The van der Waals surface area contributed by atoms with Crippen molar-refractivity contribution in [2.24, 2.45) is 0 Å². The zero-order chi connectivity index (χ0) is 10.8. The molecular formula is C14H18N2. The maximum absolute atomic E-state index is 3.40. The highest BCUT2D eigenvalue weighted by Crippen LogP contribution is 2.29. The molecule has 0 amide bonds. The number of anilines is 1. The molecule has 1 saturated heterocycles. The third kappa shape index (κ3) is 1.74. The molecule has 1 aliphatic heterocycles. The number of aryl methyl sites for hydroxylation is 1. The molecule has 0 aromatic heterocycles. The first-order chi connectivity index (χ1) is 7.95. The van der Waals surface area contributed by atoms with E-state index in [4.69, 9.17) is 0 Å². The second-order valence-corrected chi connectivity index (χ2v) is 4.53. The van der Waals surface area contributed by atoms with Gasteiger partial charge in [0.1, 0.15) is 0 Å². The van der Waals surface area contributed by atoms with Crippen molar-refractivity contribution in [2.75, 3.05) is 31.1 Å². The van der Waals surface area contributed by atoms with Crippen molar-refractivity contribution in [1.82, 2.24) is 5.32 Å². The Kier molecular flexibility index (Phi) is 2.66. The zero-order valence-electron chi connectivity index (χ0n) is 9.58. The van der Waals surface area contributed by atoms with Crippen LogP contribution in [0.15, 0.2) is 24.3 Å². The minimum atomic E-state index is 1.10. The Balaban J connectivity index is 1.97. The van der Waals surface area contributed by atoms with Crippen LogP contribution in [0.5, 0.6) is 0 Å². The van der Waals surface area contributed by atoms with Crippen molar-refractivity contribution < 1.29 is 0 Å². The van der Waals surface area contributed by atoms with Gasteiger partial charge in [0.15, 0.2) is 0 Å². The minimum absolute atomic E-state index is 1.10. The summed E-state index contributed by atoms with van der Waals surface area (Å²) in [5, 5.41) is 3.40. The highest BCUT2D eigenvalue weighted by atomic mass is 15.2. The topological polar surface area (TPSA) is 15.3 Å². The summed E-state index contributed by atoms with van der Waals surface area (Å²) in [6.45, 7) is 4.47. The lowest BCUT2D eigenvalue weighted by molar-refractivity contribution is 0.589. The molecule has 2 nitrogen and oxygen atoms in total. The number of allylic oxidation sites excluding steroid dienone is 1. The van der Waals surface area contributed by atoms with Gasteiger partial charge >= 0.3 is 0 Å². The lowest BCUT2D eigenvalue weighted by atomic mass is 9.95. The van der Waals surface area contributed by atoms with Crippen molar-refractivity contribution in [1.29, 1.82) is 0 Å². The van der Waals surface area contributed by atoms with Crippen molar-refractivity contribution >= 4 is 11.8 Å². The summed E-state index contributed by atoms with van der Waals surface area (Å²) in [6, 6.07) is 6.74. The first-order valence-electron chi connectivity index (χ1n) is 6.19. The van der Waals surface area contributed by atoms with Crippen LogP contribution in [-0.4, -0.2) is 26.2 Å². The molecule has 0 bridgehead atoms. The van der Waals surface area contributed by atoms with E-state index in [9.17, 15) is 0 Å². The Morgan fingerprint density at radius 2 is 2.00 bits per heavy atom. The SMILES string of the molecule is C1=Cc2c(cccc2N2CCNCC2)CC1. The van der Waals surface area contributed by atoms with Gasteiger partial charge in [0, 0.05) is 37.4 Å². The molecule has 2 heteroatoms. The fourth-order valence-corrected chi connectivity index (χ4v) is 2.63. The maximum Gasteiger partial charge on any atom is 0.0443 e. The summed E-state index contributed by atoms with van der Waals surface area (Å²) in [6.07, 6.45) is 6.99. The first kappa shape index (κ1) is 9.91. The molecule has 0 unspecified atom stereocenters. The van der Waals surface area contributed by atoms with Gasteiger partial charge in [-0.05, 0) is 24.5 Å². The van der Waals surface area contributed by atoms with E-state index in [2.05, 4.69) is 40.6 Å². The Hall–Kier alpha value is -1.28. The second-order valence-electron chi connectivity index (χ2n) is 4.53. The van der Waals surface area contributed by atoms with E-state index >= 15 is 0 Å². The van der Waals surface area contributed by atoms with Crippen LogP contribution in [0.4, 0.5) is 5.69 Å². The third-order valence-corrected chi connectivity index (χ3v) is 3.50. The van der Waals surface area contributed by atoms with Crippen LogP contribution in [0, 0.1) is 0 Å². The smallest absolute Gasteiger partial charge is 0.0443 e. The molecule has 84 valence electrons. The number of piperazine rings is 1. The number of benzene rings is 1. The minimum Gasteiger partial charge on any atom is -0.368 e. The Morgan fingerprint density at radius 3 is 2.88 bits per heavy atom. The van der Waals surface area contributed by atoms with Crippen LogP contribution >= 0.6 is 0 Å². The van der Waals surface area contributed by atoms with Crippen molar-refractivity contribution in [3.8, 4) is 0 Å². The number of hydrogen-bond acceptors (Lipinski definition) is 2. The fraction of sp³-hybridized carbons (Fsp3) is 0.429. The average Bonchev–Trinajstić information content (AvgIpc) is 2.39. The fourth-order valence-electron chi connectivity index (χ4n) is 2.63. The van der Waals surface area contributed by atoms with Gasteiger partial charge in [-0.15, -0.1) is 0 Å². The van der Waals surface area contributed by atoms with E-state index in [0.29, 0.717) is 0 Å². The lowest BCUT2D eigenvalue weighted by Gasteiger charge is -2.32. The molecule has 1 aromatic carbocycles. The lowest BCUT2D eigenvalue weighted by Crippen LogP contribution is -2.43. The molecule has 2 aliphatic rings. The number of fused-ring (bicyclic) bond motifs is 1. The monoisotopic (exact) mass is 214 g/mol. The molecular weight excluding hydrogens is 196 g/mol. The van der Waals surface area contributed by atoms with E-state index in [0.717, 1.165) is 26.2 Å². The quantitative estimate of drug-likeness (QED) is 0.769. The van der Waals surface area contributed by atoms with Crippen LogP contribution in [0.1, 0.15) is 17.5 Å². The molecule has 0 atom stereocenters. The standard InChI is InChI=1S/C14H18N2/c1-2-6-13-12(4-1)5-3-7-14(13)16-10-8-15-9-11-16/h2-3,5-7,15H,1,4,8-11H2. The molecule has 3 rings (SSSR count). The van der Waals surface area contributed by atoms with Gasteiger partial charge in [-0.25, -0.2) is 0 Å². The summed E-state index contributed by atoms with van der Waals surface area (Å²) < 4.78 is 0. The van der Waals surface area contributed by atoms with Gasteiger partial charge in [0.2, 0.25) is 0 Å².